The van der Waals surface area contributed by atoms with Gasteiger partial charge in [0.05, 0.1) is 0 Å². The average Bonchev–Trinajstić information content (AvgIpc) is 2.43. The third-order valence-electron chi connectivity index (χ3n) is 3.27. The molecule has 0 aliphatic heterocycles. The number of benzene rings is 1. The lowest BCUT2D eigenvalue weighted by atomic mass is 10.00. The van der Waals surface area contributed by atoms with Gasteiger partial charge >= 0.3 is 6.09 Å². The molecule has 1 amide bonds. The van der Waals surface area contributed by atoms with Crippen LogP contribution in [0.25, 0.3) is 5.57 Å². The maximum absolute atomic E-state index is 10.9. The zero-order chi connectivity index (χ0) is 14.8. The summed E-state index contributed by atoms with van der Waals surface area (Å²) < 4.78 is 5.07. The van der Waals surface area contributed by atoms with Crippen molar-refractivity contribution in [3.05, 3.63) is 35.9 Å². The SMILES string of the molecule is CCCCCCC=C(CC)c1ccccc1OC(N)=O. The lowest BCUT2D eigenvalue weighted by Gasteiger charge is -2.11. The van der Waals surface area contributed by atoms with Gasteiger partial charge in [0.15, 0.2) is 0 Å². The third-order valence-corrected chi connectivity index (χ3v) is 3.27. The molecule has 20 heavy (non-hydrogen) atoms. The van der Waals surface area contributed by atoms with Gasteiger partial charge in [-0.25, -0.2) is 4.79 Å². The van der Waals surface area contributed by atoms with Crippen molar-refractivity contribution >= 4 is 11.7 Å². The number of unbranched alkanes of at least 4 members (excludes halogenated alkanes) is 4. The van der Waals surface area contributed by atoms with Crippen LogP contribution in [0.2, 0.25) is 0 Å². The van der Waals surface area contributed by atoms with E-state index < -0.39 is 6.09 Å². The highest BCUT2D eigenvalue weighted by Crippen LogP contribution is 2.28. The monoisotopic (exact) mass is 275 g/mol. The normalized spacial score (nSPS) is 11.4. The molecule has 0 aliphatic rings. The predicted molar refractivity (Wildman–Crippen MR) is 83.7 cm³/mol. The standard InChI is InChI=1S/C17H25NO2/c1-3-5-6-7-8-11-14(4-2)15-12-9-10-13-16(15)20-17(18)19/h9-13H,3-8H2,1-2H3,(H2,18,19). The maximum Gasteiger partial charge on any atom is 0.409 e. The number of amides is 1. The van der Waals surface area contributed by atoms with Crippen molar-refractivity contribution in [3.8, 4) is 5.75 Å². The fourth-order valence-electron chi connectivity index (χ4n) is 2.22. The highest BCUT2D eigenvalue weighted by atomic mass is 16.5. The molecule has 0 bridgehead atoms. The maximum atomic E-state index is 10.9. The molecule has 2 N–H and O–H groups in total. The number of allylic oxidation sites excluding steroid dienone is 2. The Kier molecular flexibility index (Phi) is 7.48. The van der Waals surface area contributed by atoms with Crippen LogP contribution in [0.15, 0.2) is 30.3 Å². The number of primary amides is 1. The second-order valence-corrected chi connectivity index (χ2v) is 4.85. The van der Waals surface area contributed by atoms with Crippen LogP contribution in [0.5, 0.6) is 5.75 Å². The predicted octanol–water partition coefficient (Wildman–Crippen LogP) is 4.91. The second-order valence-electron chi connectivity index (χ2n) is 4.85. The summed E-state index contributed by atoms with van der Waals surface area (Å²) in [7, 11) is 0. The van der Waals surface area contributed by atoms with Crippen molar-refractivity contribution in [2.45, 2.75) is 52.4 Å². The smallest absolute Gasteiger partial charge is 0.409 e. The van der Waals surface area contributed by atoms with Gasteiger partial charge in [-0.05, 0) is 30.9 Å². The van der Waals surface area contributed by atoms with Crippen molar-refractivity contribution in [1.82, 2.24) is 0 Å². The largest absolute Gasteiger partial charge is 0.410 e. The first kappa shape index (κ1) is 16.3. The molecule has 0 unspecified atom stereocenters. The first-order valence-electron chi connectivity index (χ1n) is 7.44. The van der Waals surface area contributed by atoms with Gasteiger partial charge in [0.2, 0.25) is 0 Å². The summed E-state index contributed by atoms with van der Waals surface area (Å²) in [6.45, 7) is 4.32. The van der Waals surface area contributed by atoms with E-state index in [4.69, 9.17) is 10.5 Å². The molecule has 0 radical (unpaired) electrons. The molecule has 110 valence electrons. The molecule has 1 aromatic rings. The summed E-state index contributed by atoms with van der Waals surface area (Å²) >= 11 is 0. The summed E-state index contributed by atoms with van der Waals surface area (Å²) in [6.07, 6.45) is 8.46. The fourth-order valence-corrected chi connectivity index (χ4v) is 2.22. The van der Waals surface area contributed by atoms with Crippen LogP contribution in [0.3, 0.4) is 0 Å². The highest BCUT2D eigenvalue weighted by Gasteiger charge is 2.08. The summed E-state index contributed by atoms with van der Waals surface area (Å²) in [5.74, 6) is 0.543. The van der Waals surface area contributed by atoms with Crippen molar-refractivity contribution in [2.24, 2.45) is 5.73 Å². The summed E-state index contributed by atoms with van der Waals surface area (Å²) in [5, 5.41) is 0. The van der Waals surface area contributed by atoms with E-state index in [1.807, 2.05) is 18.2 Å². The average molecular weight is 275 g/mol. The van der Waals surface area contributed by atoms with Crippen LogP contribution >= 0.6 is 0 Å². The zero-order valence-corrected chi connectivity index (χ0v) is 12.5. The molecular formula is C17H25NO2. The minimum absolute atomic E-state index is 0.543. The van der Waals surface area contributed by atoms with Gasteiger partial charge in [-0.2, -0.15) is 0 Å². The van der Waals surface area contributed by atoms with Crippen LogP contribution in [-0.4, -0.2) is 6.09 Å². The van der Waals surface area contributed by atoms with Gasteiger partial charge in [-0.15, -0.1) is 0 Å². The zero-order valence-electron chi connectivity index (χ0n) is 12.5. The van der Waals surface area contributed by atoms with Crippen LogP contribution in [0.4, 0.5) is 4.79 Å². The Hall–Kier alpha value is -1.77. The number of para-hydroxylation sites is 1. The molecule has 0 saturated heterocycles. The van der Waals surface area contributed by atoms with Crippen molar-refractivity contribution < 1.29 is 9.53 Å². The number of nitrogens with two attached hydrogens (primary N) is 1. The number of hydrogen-bond donors (Lipinski definition) is 1. The van der Waals surface area contributed by atoms with E-state index in [2.05, 4.69) is 19.9 Å². The van der Waals surface area contributed by atoms with E-state index in [-0.39, 0.29) is 0 Å². The van der Waals surface area contributed by atoms with Crippen LogP contribution < -0.4 is 10.5 Å². The number of ether oxygens (including phenoxy) is 1. The molecule has 0 heterocycles. The molecular weight excluding hydrogens is 250 g/mol. The third kappa shape index (κ3) is 5.47. The minimum Gasteiger partial charge on any atom is -0.410 e. The number of carbonyl (C=O) groups excluding carboxylic acids is 1. The summed E-state index contributed by atoms with van der Waals surface area (Å²) in [4.78, 5) is 10.9. The van der Waals surface area contributed by atoms with Gasteiger partial charge in [-0.3, -0.25) is 0 Å². The summed E-state index contributed by atoms with van der Waals surface area (Å²) in [5.41, 5.74) is 7.28. The molecule has 0 fully saturated rings. The lowest BCUT2D eigenvalue weighted by molar-refractivity contribution is 0.210. The van der Waals surface area contributed by atoms with Crippen molar-refractivity contribution in [3.63, 3.8) is 0 Å². The molecule has 0 saturated carbocycles. The Morgan fingerprint density at radius 1 is 1.20 bits per heavy atom. The molecule has 3 nitrogen and oxygen atoms in total. The Morgan fingerprint density at radius 3 is 2.60 bits per heavy atom. The van der Waals surface area contributed by atoms with E-state index in [0.717, 1.165) is 18.4 Å². The van der Waals surface area contributed by atoms with Gasteiger partial charge in [-0.1, -0.05) is 57.4 Å². The Morgan fingerprint density at radius 2 is 1.95 bits per heavy atom. The number of carbonyl (C=O) groups is 1. The van der Waals surface area contributed by atoms with E-state index in [1.165, 1.54) is 31.3 Å². The van der Waals surface area contributed by atoms with Crippen LogP contribution in [0, 0.1) is 0 Å². The number of hydrogen-bond acceptors (Lipinski definition) is 2. The lowest BCUT2D eigenvalue weighted by Crippen LogP contribution is -2.17. The van der Waals surface area contributed by atoms with Gasteiger partial charge in [0.25, 0.3) is 0 Å². The van der Waals surface area contributed by atoms with Gasteiger partial charge in [0, 0.05) is 5.56 Å². The fraction of sp³-hybridized carbons (Fsp3) is 0.471. The second kappa shape index (κ2) is 9.18. The van der Waals surface area contributed by atoms with E-state index in [0.29, 0.717) is 5.75 Å². The Bertz CT molecular complexity index is 452. The summed E-state index contributed by atoms with van der Waals surface area (Å²) in [6, 6.07) is 7.54. The Labute approximate surface area is 121 Å². The first-order valence-corrected chi connectivity index (χ1v) is 7.44. The number of rotatable bonds is 8. The molecule has 0 aromatic heterocycles. The van der Waals surface area contributed by atoms with Crippen LogP contribution in [-0.2, 0) is 0 Å². The quantitative estimate of drug-likeness (QED) is 0.685. The van der Waals surface area contributed by atoms with Gasteiger partial charge in [0.1, 0.15) is 5.75 Å². The van der Waals surface area contributed by atoms with Crippen molar-refractivity contribution in [1.29, 1.82) is 0 Å². The molecule has 1 aromatic carbocycles. The van der Waals surface area contributed by atoms with E-state index >= 15 is 0 Å². The van der Waals surface area contributed by atoms with E-state index in [1.54, 1.807) is 6.07 Å². The van der Waals surface area contributed by atoms with Gasteiger partial charge < -0.3 is 10.5 Å². The molecule has 0 aliphatic carbocycles. The molecule has 0 atom stereocenters. The molecule has 1 rings (SSSR count). The molecule has 0 spiro atoms. The van der Waals surface area contributed by atoms with E-state index in [9.17, 15) is 4.79 Å². The first-order chi connectivity index (χ1) is 9.69. The van der Waals surface area contributed by atoms with Crippen molar-refractivity contribution in [2.75, 3.05) is 0 Å². The minimum atomic E-state index is -0.768. The topological polar surface area (TPSA) is 52.3 Å². The highest BCUT2D eigenvalue weighted by molar-refractivity contribution is 5.75. The Balaban J connectivity index is 2.78. The molecule has 3 heteroatoms. The van der Waals surface area contributed by atoms with Crippen LogP contribution in [0.1, 0.15) is 57.9 Å².